The molecule has 21 heavy (non-hydrogen) atoms. The summed E-state index contributed by atoms with van der Waals surface area (Å²) in [5.41, 5.74) is 3.46. The first-order chi connectivity index (χ1) is 10.3. The molecule has 0 aliphatic rings. The number of hydrogen-bond acceptors (Lipinski definition) is 1. The van der Waals surface area contributed by atoms with Gasteiger partial charge in [0.2, 0.25) is 0 Å². The molecule has 0 aromatic heterocycles. The van der Waals surface area contributed by atoms with Crippen LogP contribution in [0.2, 0.25) is 5.02 Å². The summed E-state index contributed by atoms with van der Waals surface area (Å²) in [6.45, 7) is 3.92. The van der Waals surface area contributed by atoms with Gasteiger partial charge in [-0.15, -0.1) is 0 Å². The molecule has 0 aliphatic carbocycles. The van der Waals surface area contributed by atoms with E-state index in [0.29, 0.717) is 0 Å². The predicted octanol–water partition coefficient (Wildman–Crippen LogP) is 5.27. The van der Waals surface area contributed by atoms with Crippen molar-refractivity contribution >= 4 is 22.4 Å². The summed E-state index contributed by atoms with van der Waals surface area (Å²) in [6.07, 6.45) is 0. The molecular weight excluding hydrogens is 278 g/mol. The lowest BCUT2D eigenvalue weighted by Gasteiger charge is -2.09. The number of halogens is 1. The van der Waals surface area contributed by atoms with Crippen LogP contribution in [0.25, 0.3) is 21.9 Å². The molecule has 2 heteroatoms. The lowest BCUT2D eigenvalue weighted by Crippen LogP contribution is -2.11. The zero-order valence-corrected chi connectivity index (χ0v) is 12.8. The number of rotatable bonds is 4. The first-order valence-electron chi connectivity index (χ1n) is 7.26. The predicted molar refractivity (Wildman–Crippen MR) is 91.8 cm³/mol. The van der Waals surface area contributed by atoms with Crippen LogP contribution in [0.3, 0.4) is 0 Å². The SMILES string of the molecule is CCNCc1ccc(-c2ccc3ccccc3c2)c(Cl)c1. The molecule has 0 amide bonds. The highest BCUT2D eigenvalue weighted by Gasteiger charge is 2.05. The van der Waals surface area contributed by atoms with Gasteiger partial charge in [0.15, 0.2) is 0 Å². The van der Waals surface area contributed by atoms with E-state index in [-0.39, 0.29) is 0 Å². The van der Waals surface area contributed by atoms with Crippen molar-refractivity contribution in [1.82, 2.24) is 5.32 Å². The normalized spacial score (nSPS) is 11.0. The van der Waals surface area contributed by atoms with Gasteiger partial charge in [-0.05, 0) is 40.6 Å². The van der Waals surface area contributed by atoms with Gasteiger partial charge in [0.1, 0.15) is 0 Å². The van der Waals surface area contributed by atoms with Crippen LogP contribution >= 0.6 is 11.6 Å². The Balaban J connectivity index is 1.98. The first kappa shape index (κ1) is 14.1. The third kappa shape index (κ3) is 3.10. The Morgan fingerprint density at radius 1 is 0.905 bits per heavy atom. The molecular formula is C19H18ClN. The highest BCUT2D eigenvalue weighted by Crippen LogP contribution is 2.31. The Morgan fingerprint density at radius 2 is 1.71 bits per heavy atom. The lowest BCUT2D eigenvalue weighted by atomic mass is 10.00. The second-order valence-corrected chi connectivity index (χ2v) is 5.56. The van der Waals surface area contributed by atoms with Gasteiger partial charge < -0.3 is 5.32 Å². The lowest BCUT2D eigenvalue weighted by molar-refractivity contribution is 0.727. The molecule has 1 nitrogen and oxygen atoms in total. The van der Waals surface area contributed by atoms with Crippen molar-refractivity contribution in [2.45, 2.75) is 13.5 Å². The van der Waals surface area contributed by atoms with Crippen LogP contribution in [-0.2, 0) is 6.54 Å². The van der Waals surface area contributed by atoms with E-state index in [0.717, 1.165) is 29.2 Å². The Hall–Kier alpha value is -1.83. The molecule has 0 spiro atoms. The van der Waals surface area contributed by atoms with E-state index in [9.17, 15) is 0 Å². The molecule has 0 saturated carbocycles. The molecule has 0 radical (unpaired) electrons. The highest BCUT2D eigenvalue weighted by atomic mass is 35.5. The van der Waals surface area contributed by atoms with Gasteiger partial charge in [-0.25, -0.2) is 0 Å². The van der Waals surface area contributed by atoms with Crippen molar-refractivity contribution in [3.05, 3.63) is 71.2 Å². The summed E-state index contributed by atoms with van der Waals surface area (Å²) >= 11 is 6.47. The number of hydrogen-bond donors (Lipinski definition) is 1. The van der Waals surface area contributed by atoms with E-state index < -0.39 is 0 Å². The average molecular weight is 296 g/mol. The molecule has 0 atom stereocenters. The molecule has 0 aliphatic heterocycles. The fourth-order valence-electron chi connectivity index (χ4n) is 2.53. The van der Waals surface area contributed by atoms with Gasteiger partial charge in [-0.1, -0.05) is 67.1 Å². The maximum Gasteiger partial charge on any atom is 0.0487 e. The Morgan fingerprint density at radius 3 is 2.48 bits per heavy atom. The molecule has 3 aromatic carbocycles. The van der Waals surface area contributed by atoms with Crippen LogP contribution < -0.4 is 5.32 Å². The second kappa shape index (κ2) is 6.30. The molecule has 0 bridgehead atoms. The minimum absolute atomic E-state index is 0.806. The topological polar surface area (TPSA) is 12.0 Å². The molecule has 3 aromatic rings. The fourth-order valence-corrected chi connectivity index (χ4v) is 2.84. The van der Waals surface area contributed by atoms with Crippen LogP contribution in [0.1, 0.15) is 12.5 Å². The number of fused-ring (bicyclic) bond motifs is 1. The van der Waals surface area contributed by atoms with Crippen LogP contribution in [0.15, 0.2) is 60.7 Å². The number of nitrogens with one attached hydrogen (secondary N) is 1. The van der Waals surface area contributed by atoms with Gasteiger partial charge >= 0.3 is 0 Å². The van der Waals surface area contributed by atoms with E-state index in [4.69, 9.17) is 11.6 Å². The van der Waals surface area contributed by atoms with Crippen LogP contribution in [0.5, 0.6) is 0 Å². The number of benzene rings is 3. The van der Waals surface area contributed by atoms with Gasteiger partial charge in [0.05, 0.1) is 0 Å². The Kier molecular flexibility index (Phi) is 4.23. The highest BCUT2D eigenvalue weighted by molar-refractivity contribution is 6.33. The quantitative estimate of drug-likeness (QED) is 0.691. The molecule has 106 valence electrons. The molecule has 0 saturated heterocycles. The van der Waals surface area contributed by atoms with Crippen molar-refractivity contribution in [1.29, 1.82) is 0 Å². The Labute approximate surface area is 130 Å². The van der Waals surface area contributed by atoms with E-state index in [1.807, 2.05) is 0 Å². The first-order valence-corrected chi connectivity index (χ1v) is 7.64. The van der Waals surface area contributed by atoms with Gasteiger partial charge in [-0.3, -0.25) is 0 Å². The van der Waals surface area contributed by atoms with Gasteiger partial charge in [-0.2, -0.15) is 0 Å². The largest absolute Gasteiger partial charge is 0.313 e. The Bertz CT molecular complexity index is 764. The van der Waals surface area contributed by atoms with E-state index in [1.54, 1.807) is 0 Å². The average Bonchev–Trinajstić information content (AvgIpc) is 2.52. The van der Waals surface area contributed by atoms with Crippen LogP contribution in [0.4, 0.5) is 0 Å². The van der Waals surface area contributed by atoms with E-state index >= 15 is 0 Å². The standard InChI is InChI=1S/C19H18ClN/c1-2-21-13-14-7-10-18(19(20)11-14)17-9-8-15-5-3-4-6-16(15)12-17/h3-12,21H,2,13H2,1H3. The summed E-state index contributed by atoms with van der Waals surface area (Å²) in [5.74, 6) is 0. The van der Waals surface area contributed by atoms with E-state index in [2.05, 4.69) is 72.9 Å². The summed E-state index contributed by atoms with van der Waals surface area (Å²) in [6, 6.07) is 21.2. The molecule has 1 N–H and O–H groups in total. The monoisotopic (exact) mass is 295 g/mol. The minimum Gasteiger partial charge on any atom is -0.313 e. The van der Waals surface area contributed by atoms with Crippen LogP contribution in [0, 0.1) is 0 Å². The maximum absolute atomic E-state index is 6.47. The molecule has 3 rings (SSSR count). The third-order valence-electron chi connectivity index (χ3n) is 3.67. The minimum atomic E-state index is 0.806. The fraction of sp³-hybridized carbons (Fsp3) is 0.158. The van der Waals surface area contributed by atoms with Gasteiger partial charge in [0, 0.05) is 17.1 Å². The third-order valence-corrected chi connectivity index (χ3v) is 3.99. The summed E-state index contributed by atoms with van der Waals surface area (Å²) < 4.78 is 0. The zero-order chi connectivity index (χ0) is 14.7. The van der Waals surface area contributed by atoms with Crippen molar-refractivity contribution in [2.24, 2.45) is 0 Å². The summed E-state index contributed by atoms with van der Waals surface area (Å²) in [7, 11) is 0. The van der Waals surface area contributed by atoms with Crippen molar-refractivity contribution in [2.75, 3.05) is 6.54 Å². The van der Waals surface area contributed by atoms with Crippen molar-refractivity contribution in [3.8, 4) is 11.1 Å². The van der Waals surface area contributed by atoms with Crippen molar-refractivity contribution in [3.63, 3.8) is 0 Å². The summed E-state index contributed by atoms with van der Waals surface area (Å²) in [4.78, 5) is 0. The summed E-state index contributed by atoms with van der Waals surface area (Å²) in [5, 5.41) is 6.61. The molecule has 0 heterocycles. The second-order valence-electron chi connectivity index (χ2n) is 5.16. The van der Waals surface area contributed by atoms with E-state index in [1.165, 1.54) is 16.3 Å². The van der Waals surface area contributed by atoms with Gasteiger partial charge in [0.25, 0.3) is 0 Å². The molecule has 0 unspecified atom stereocenters. The maximum atomic E-state index is 6.47. The smallest absolute Gasteiger partial charge is 0.0487 e. The van der Waals surface area contributed by atoms with Crippen molar-refractivity contribution < 1.29 is 0 Å². The zero-order valence-electron chi connectivity index (χ0n) is 12.1. The molecule has 0 fully saturated rings. The van der Waals surface area contributed by atoms with Crippen LogP contribution in [-0.4, -0.2) is 6.54 Å².